The number of amides is 1. The fraction of sp³-hybridized carbons (Fsp3) is 0.421. The molecule has 4 heteroatoms. The zero-order chi connectivity index (χ0) is 16.2. The summed E-state index contributed by atoms with van der Waals surface area (Å²) >= 11 is 0. The molecule has 0 radical (unpaired) electrons. The first-order chi connectivity index (χ1) is 11.0. The molecule has 1 spiro atoms. The zero-order valence-corrected chi connectivity index (χ0v) is 13.1. The minimum atomic E-state index is -0.476. The smallest absolute Gasteiger partial charge is 0.225 e. The number of hydrogen-bond donors (Lipinski definition) is 1. The molecule has 0 unspecified atom stereocenters. The Labute approximate surface area is 135 Å². The van der Waals surface area contributed by atoms with Gasteiger partial charge in [0.05, 0.1) is 5.70 Å². The number of allylic oxidation sites excluding steroid dienone is 2. The van der Waals surface area contributed by atoms with Gasteiger partial charge in [-0.15, -0.1) is 0 Å². The average molecular weight is 309 g/mol. The van der Waals surface area contributed by atoms with E-state index in [1.165, 1.54) is 0 Å². The van der Waals surface area contributed by atoms with Crippen LogP contribution < -0.4 is 5.32 Å². The lowest BCUT2D eigenvalue weighted by Crippen LogP contribution is -2.50. The lowest BCUT2D eigenvalue weighted by molar-refractivity contribution is -0.124. The molecule has 1 fully saturated rings. The van der Waals surface area contributed by atoms with Gasteiger partial charge in [-0.25, -0.2) is 0 Å². The molecule has 1 saturated carbocycles. The van der Waals surface area contributed by atoms with Gasteiger partial charge in [0.25, 0.3) is 0 Å². The SMILES string of the molecule is C[C@H]1CCCC[C@@]12CC(=O)NC1=C2C(=O)c2ccccc2C1=O. The van der Waals surface area contributed by atoms with Crippen molar-refractivity contribution < 1.29 is 14.4 Å². The lowest BCUT2D eigenvalue weighted by Gasteiger charge is -2.47. The molecule has 4 rings (SSSR count). The Morgan fingerprint density at radius 2 is 1.74 bits per heavy atom. The first-order valence-electron chi connectivity index (χ1n) is 8.27. The van der Waals surface area contributed by atoms with Gasteiger partial charge in [0, 0.05) is 28.5 Å². The highest BCUT2D eigenvalue weighted by atomic mass is 16.2. The van der Waals surface area contributed by atoms with Crippen molar-refractivity contribution in [1.82, 2.24) is 5.32 Å². The molecule has 1 N–H and O–H groups in total. The molecule has 1 amide bonds. The van der Waals surface area contributed by atoms with Crippen LogP contribution in [0.15, 0.2) is 35.5 Å². The maximum Gasteiger partial charge on any atom is 0.225 e. The summed E-state index contributed by atoms with van der Waals surface area (Å²) in [5.74, 6) is -0.211. The van der Waals surface area contributed by atoms with Crippen LogP contribution in [0.2, 0.25) is 0 Å². The van der Waals surface area contributed by atoms with Crippen LogP contribution in [0.25, 0.3) is 0 Å². The number of hydrogen-bond acceptors (Lipinski definition) is 3. The van der Waals surface area contributed by atoms with E-state index in [2.05, 4.69) is 12.2 Å². The molecule has 2 atom stereocenters. The lowest BCUT2D eigenvalue weighted by atomic mass is 9.57. The van der Waals surface area contributed by atoms with E-state index in [0.29, 0.717) is 23.1 Å². The van der Waals surface area contributed by atoms with Crippen LogP contribution in [-0.4, -0.2) is 17.5 Å². The molecular formula is C19H19NO3. The summed E-state index contributed by atoms with van der Waals surface area (Å²) in [7, 11) is 0. The van der Waals surface area contributed by atoms with Crippen LogP contribution in [0.3, 0.4) is 0 Å². The van der Waals surface area contributed by atoms with Gasteiger partial charge in [-0.2, -0.15) is 0 Å². The standard InChI is InChI=1S/C19H19NO3/c1-11-6-4-5-9-19(11)10-14(21)20-16-15(19)17(22)12-7-2-3-8-13(12)18(16)23/h2-3,7-8,11H,4-6,9-10H2,1H3,(H,20,21)/t11-,19+/m0/s1. The second-order valence-corrected chi connectivity index (χ2v) is 6.98. The number of nitrogens with one attached hydrogen (secondary N) is 1. The maximum atomic E-state index is 13.2. The van der Waals surface area contributed by atoms with E-state index in [1.54, 1.807) is 24.3 Å². The summed E-state index contributed by atoms with van der Waals surface area (Å²) < 4.78 is 0. The Morgan fingerprint density at radius 1 is 1.04 bits per heavy atom. The highest BCUT2D eigenvalue weighted by Gasteiger charge is 2.52. The van der Waals surface area contributed by atoms with E-state index in [0.717, 1.165) is 25.7 Å². The van der Waals surface area contributed by atoms with Crippen molar-refractivity contribution in [2.45, 2.75) is 39.0 Å². The van der Waals surface area contributed by atoms with Crippen molar-refractivity contribution in [2.75, 3.05) is 0 Å². The summed E-state index contributed by atoms with van der Waals surface area (Å²) in [5.41, 5.74) is 1.20. The summed E-state index contributed by atoms with van der Waals surface area (Å²) in [6, 6.07) is 6.92. The number of carbonyl (C=O) groups excluding carboxylic acids is 3. The molecule has 0 aromatic heterocycles. The second-order valence-electron chi connectivity index (χ2n) is 6.98. The fourth-order valence-electron chi connectivity index (χ4n) is 4.58. The van der Waals surface area contributed by atoms with E-state index < -0.39 is 5.41 Å². The Kier molecular flexibility index (Phi) is 3.05. The van der Waals surface area contributed by atoms with E-state index in [4.69, 9.17) is 0 Å². The van der Waals surface area contributed by atoms with Crippen molar-refractivity contribution in [1.29, 1.82) is 0 Å². The quantitative estimate of drug-likeness (QED) is 0.801. The Balaban J connectivity index is 1.96. The average Bonchev–Trinajstić information content (AvgIpc) is 2.55. The van der Waals surface area contributed by atoms with Gasteiger partial charge >= 0.3 is 0 Å². The minimum absolute atomic E-state index is 0.0797. The van der Waals surface area contributed by atoms with Crippen LogP contribution in [0, 0.1) is 11.3 Å². The minimum Gasteiger partial charge on any atom is -0.322 e. The van der Waals surface area contributed by atoms with Crippen molar-refractivity contribution in [3.05, 3.63) is 46.7 Å². The molecule has 1 aromatic carbocycles. The van der Waals surface area contributed by atoms with E-state index >= 15 is 0 Å². The van der Waals surface area contributed by atoms with Gasteiger partial charge < -0.3 is 5.32 Å². The Hall–Kier alpha value is -2.23. The number of benzene rings is 1. The Bertz CT molecular complexity index is 777. The van der Waals surface area contributed by atoms with Crippen LogP contribution in [0.4, 0.5) is 0 Å². The molecular weight excluding hydrogens is 290 g/mol. The van der Waals surface area contributed by atoms with Gasteiger partial charge in [-0.3, -0.25) is 14.4 Å². The third-order valence-electron chi connectivity index (χ3n) is 5.81. The number of ketones is 2. The molecule has 1 aliphatic heterocycles. The highest BCUT2D eigenvalue weighted by molar-refractivity contribution is 6.28. The van der Waals surface area contributed by atoms with Crippen LogP contribution in [0.1, 0.15) is 59.7 Å². The molecule has 1 aromatic rings. The molecule has 2 aliphatic carbocycles. The van der Waals surface area contributed by atoms with Crippen molar-refractivity contribution in [2.24, 2.45) is 11.3 Å². The largest absolute Gasteiger partial charge is 0.322 e. The predicted molar refractivity (Wildman–Crippen MR) is 85.0 cm³/mol. The summed E-state index contributed by atoms with van der Waals surface area (Å²) in [6.45, 7) is 2.11. The molecule has 3 aliphatic rings. The first kappa shape index (κ1) is 14.4. The summed E-state index contributed by atoms with van der Waals surface area (Å²) in [4.78, 5) is 38.3. The number of Topliss-reactive ketones (excluding diaryl/α,β-unsaturated/α-hetero) is 2. The van der Waals surface area contributed by atoms with Crippen LogP contribution >= 0.6 is 0 Å². The third kappa shape index (κ3) is 1.87. The van der Waals surface area contributed by atoms with E-state index in [1.807, 2.05) is 0 Å². The number of fused-ring (bicyclic) bond motifs is 2. The van der Waals surface area contributed by atoms with Gasteiger partial charge in [-0.05, 0) is 18.8 Å². The van der Waals surface area contributed by atoms with Gasteiger partial charge in [-0.1, -0.05) is 44.0 Å². The summed E-state index contributed by atoms with van der Waals surface area (Å²) in [6.07, 6.45) is 4.23. The monoisotopic (exact) mass is 309 g/mol. The van der Waals surface area contributed by atoms with Crippen LogP contribution in [-0.2, 0) is 4.79 Å². The topological polar surface area (TPSA) is 63.2 Å². The normalized spacial score (nSPS) is 30.1. The fourth-order valence-corrected chi connectivity index (χ4v) is 4.58. The molecule has 118 valence electrons. The van der Waals surface area contributed by atoms with Gasteiger partial charge in [0.2, 0.25) is 11.7 Å². The number of carbonyl (C=O) groups is 3. The number of rotatable bonds is 0. The molecule has 1 heterocycles. The predicted octanol–water partition coefficient (Wildman–Crippen LogP) is 3.04. The van der Waals surface area contributed by atoms with Crippen molar-refractivity contribution in [3.63, 3.8) is 0 Å². The van der Waals surface area contributed by atoms with Gasteiger partial charge in [0.15, 0.2) is 5.78 Å². The molecule has 4 nitrogen and oxygen atoms in total. The zero-order valence-electron chi connectivity index (χ0n) is 13.1. The van der Waals surface area contributed by atoms with E-state index in [9.17, 15) is 14.4 Å². The van der Waals surface area contributed by atoms with Gasteiger partial charge in [0.1, 0.15) is 0 Å². The second kappa shape index (κ2) is 4.88. The third-order valence-corrected chi connectivity index (χ3v) is 5.81. The maximum absolute atomic E-state index is 13.2. The summed E-state index contributed by atoms with van der Waals surface area (Å²) in [5, 5.41) is 2.70. The van der Waals surface area contributed by atoms with Crippen molar-refractivity contribution >= 4 is 17.5 Å². The van der Waals surface area contributed by atoms with Crippen LogP contribution in [0.5, 0.6) is 0 Å². The molecule has 0 saturated heterocycles. The van der Waals surface area contributed by atoms with Crippen molar-refractivity contribution in [3.8, 4) is 0 Å². The molecule has 23 heavy (non-hydrogen) atoms. The van der Waals surface area contributed by atoms with E-state index in [-0.39, 0.29) is 29.1 Å². The highest BCUT2D eigenvalue weighted by Crippen LogP contribution is 2.53. The molecule has 0 bridgehead atoms. The first-order valence-corrected chi connectivity index (χ1v) is 8.27. The Morgan fingerprint density at radius 3 is 2.43 bits per heavy atom.